The topological polar surface area (TPSA) is 89.5 Å². The maximum absolute atomic E-state index is 15.9. The van der Waals surface area contributed by atoms with E-state index in [0.29, 0.717) is 27.3 Å². The van der Waals surface area contributed by atoms with Crippen molar-refractivity contribution >= 4 is 58.6 Å². The number of hydrogen-bond acceptors (Lipinski definition) is 8. The van der Waals surface area contributed by atoms with Crippen LogP contribution in [0.1, 0.15) is 127 Å². The zero-order valence-corrected chi connectivity index (χ0v) is 37.5. The van der Waals surface area contributed by atoms with E-state index in [1.807, 2.05) is 113 Å². The molecule has 2 aliphatic heterocycles. The van der Waals surface area contributed by atoms with Gasteiger partial charge in [0.05, 0.1) is 34.4 Å². The first-order valence-corrected chi connectivity index (χ1v) is 20.7. The fourth-order valence-corrected chi connectivity index (χ4v) is 8.21. The van der Waals surface area contributed by atoms with Gasteiger partial charge in [0, 0.05) is 10.8 Å². The minimum absolute atomic E-state index is 0.117. The second-order valence-corrected chi connectivity index (χ2v) is 19.8. The molecule has 0 bridgehead atoms. The van der Waals surface area contributed by atoms with Crippen LogP contribution in [0.4, 0.5) is 8.78 Å². The van der Waals surface area contributed by atoms with Gasteiger partial charge in [-0.25, -0.2) is 8.78 Å². The maximum atomic E-state index is 15.9. The number of benzene rings is 4. The number of esters is 2. The number of ether oxygens (including phenoxy) is 2. The summed E-state index contributed by atoms with van der Waals surface area (Å²) >= 11 is 0. The molecule has 2 heterocycles. The molecule has 0 spiro atoms. The second-order valence-electron chi connectivity index (χ2n) is 19.8. The van der Waals surface area contributed by atoms with E-state index in [2.05, 4.69) is 11.8 Å². The Labute approximate surface area is 354 Å². The van der Waals surface area contributed by atoms with Gasteiger partial charge in [0.2, 0.25) is 0 Å². The summed E-state index contributed by atoms with van der Waals surface area (Å²) in [5, 5.41) is 2.70. The quantitative estimate of drug-likeness (QED) is 0.0940. The van der Waals surface area contributed by atoms with Gasteiger partial charge in [-0.1, -0.05) is 88.1 Å². The molecule has 0 aromatic heterocycles. The van der Waals surface area contributed by atoms with E-state index in [-0.39, 0.29) is 18.4 Å². The smallest absolute Gasteiger partial charge is 0.458 e. The van der Waals surface area contributed by atoms with Crippen LogP contribution < -0.4 is 10.9 Å². The van der Waals surface area contributed by atoms with E-state index in [1.165, 1.54) is 12.1 Å². The van der Waals surface area contributed by atoms with Gasteiger partial charge >= 0.3 is 26.2 Å². The van der Waals surface area contributed by atoms with Crippen LogP contribution in [0.3, 0.4) is 0 Å². The summed E-state index contributed by atoms with van der Waals surface area (Å²) < 4.78 is 68.8. The Kier molecular flexibility index (Phi) is 12.0. The van der Waals surface area contributed by atoms with Crippen LogP contribution in [0.5, 0.6) is 0 Å². The fourth-order valence-electron chi connectivity index (χ4n) is 8.21. The normalized spacial score (nSPS) is 19.2. The molecule has 0 saturated carbocycles. The van der Waals surface area contributed by atoms with Crippen molar-refractivity contribution in [2.75, 3.05) is 0 Å². The number of rotatable bonds is 9. The van der Waals surface area contributed by atoms with Gasteiger partial charge in [0.25, 0.3) is 0 Å². The van der Waals surface area contributed by atoms with Crippen LogP contribution in [0.2, 0.25) is 0 Å². The zero-order valence-electron chi connectivity index (χ0n) is 37.5. The number of carbonyl (C=O) groups excluding carboxylic acids is 2. The summed E-state index contributed by atoms with van der Waals surface area (Å²) in [5.74, 6) is 2.83. The SMILES string of the molecule is CC(CC(=O)OC(C(C)(C)C)C(C)(C)OC(=O)CC#Cc1c(F)ccc2cccc(B3OC(C)(C)C(C)(C)O3)c12)c1c(F)ccc2cccc(B3OC(C)(C)C(C)(C)O3)c12. The fraction of sp³-hybridized carbons (Fsp3) is 0.500. The first-order chi connectivity index (χ1) is 27.7. The molecule has 12 heteroatoms. The van der Waals surface area contributed by atoms with Gasteiger partial charge in [-0.05, 0) is 120 Å². The number of carbonyl (C=O) groups is 2. The van der Waals surface area contributed by atoms with Gasteiger partial charge in [-0.2, -0.15) is 0 Å². The molecular weight excluding hydrogens is 764 g/mol. The van der Waals surface area contributed by atoms with Crippen LogP contribution in [0.25, 0.3) is 21.5 Å². The molecular formula is C48H58B2F2O8. The molecule has 0 aliphatic carbocycles. The van der Waals surface area contributed by atoms with Crippen LogP contribution in [0.15, 0.2) is 60.7 Å². The highest BCUT2D eigenvalue weighted by Crippen LogP contribution is 2.40. The maximum Gasteiger partial charge on any atom is 0.495 e. The average Bonchev–Trinajstić information content (AvgIpc) is 3.48. The molecule has 0 radical (unpaired) electrons. The van der Waals surface area contributed by atoms with Gasteiger partial charge in [-0.15, -0.1) is 0 Å². The summed E-state index contributed by atoms with van der Waals surface area (Å²) in [4.78, 5) is 27.2. The molecule has 2 unspecified atom stereocenters. The minimum atomic E-state index is -1.31. The largest absolute Gasteiger partial charge is 0.495 e. The zero-order chi connectivity index (χ0) is 44.4. The first-order valence-electron chi connectivity index (χ1n) is 20.7. The lowest BCUT2D eigenvalue weighted by molar-refractivity contribution is -0.193. The van der Waals surface area contributed by atoms with Crippen molar-refractivity contribution < 1.29 is 46.5 Å². The summed E-state index contributed by atoms with van der Waals surface area (Å²) in [6.45, 7) is 26.4. The Morgan fingerprint density at radius 1 is 0.683 bits per heavy atom. The van der Waals surface area contributed by atoms with E-state index in [0.717, 1.165) is 10.8 Å². The van der Waals surface area contributed by atoms with Crippen molar-refractivity contribution in [3.8, 4) is 11.8 Å². The van der Waals surface area contributed by atoms with Crippen molar-refractivity contribution in [3.05, 3.63) is 83.4 Å². The van der Waals surface area contributed by atoms with Crippen molar-refractivity contribution in [1.29, 1.82) is 0 Å². The summed E-state index contributed by atoms with van der Waals surface area (Å²) in [6, 6.07) is 17.3. The molecule has 318 valence electrons. The molecule has 2 saturated heterocycles. The molecule has 2 aliphatic rings. The highest BCUT2D eigenvalue weighted by atomic mass is 19.1. The third kappa shape index (κ3) is 8.74. The van der Waals surface area contributed by atoms with E-state index in [1.54, 1.807) is 32.9 Å². The van der Waals surface area contributed by atoms with Gasteiger partial charge in [0.15, 0.2) is 0 Å². The third-order valence-corrected chi connectivity index (χ3v) is 12.6. The van der Waals surface area contributed by atoms with E-state index in [4.69, 9.17) is 28.1 Å². The van der Waals surface area contributed by atoms with Crippen molar-refractivity contribution in [3.63, 3.8) is 0 Å². The summed E-state index contributed by atoms with van der Waals surface area (Å²) in [7, 11) is -1.49. The lowest BCUT2D eigenvalue weighted by atomic mass is 9.73. The number of halogens is 2. The van der Waals surface area contributed by atoms with Gasteiger partial charge in [0.1, 0.15) is 29.8 Å². The van der Waals surface area contributed by atoms with Crippen LogP contribution in [-0.4, -0.2) is 60.3 Å². The molecule has 2 fully saturated rings. The van der Waals surface area contributed by atoms with Crippen molar-refractivity contribution in [1.82, 2.24) is 0 Å². The van der Waals surface area contributed by atoms with Crippen LogP contribution in [0, 0.1) is 28.9 Å². The summed E-state index contributed by atoms with van der Waals surface area (Å²) in [6.07, 6.45) is -1.41. The Balaban J connectivity index is 1.19. The predicted molar refractivity (Wildman–Crippen MR) is 233 cm³/mol. The molecule has 0 N–H and O–H groups in total. The molecule has 60 heavy (non-hydrogen) atoms. The van der Waals surface area contributed by atoms with Gasteiger partial charge in [-0.3, -0.25) is 9.59 Å². The molecule has 4 aromatic rings. The van der Waals surface area contributed by atoms with Crippen LogP contribution in [-0.2, 0) is 37.7 Å². The Hall–Kier alpha value is -4.27. The van der Waals surface area contributed by atoms with Gasteiger partial charge < -0.3 is 28.1 Å². The standard InChI is InChI=1S/C48H58B2F2O8/c1-29(39-36(52)27-25-31-19-16-22-34(41(31)39)50-59-47(11,12)48(13,14)60-50)28-38(54)55-42(43(2,3)4)44(5,6)56-37(53)23-17-20-32-35(51)26-24-30-18-15-21-33(40(30)32)49-57-45(7,8)46(9,10)58-49/h15-16,18-19,21-22,24-27,29,42H,23,28H2,1-14H3. The molecule has 6 rings (SSSR count). The van der Waals surface area contributed by atoms with Crippen molar-refractivity contribution in [2.45, 2.75) is 150 Å². The number of fused-ring (bicyclic) bond motifs is 2. The van der Waals surface area contributed by atoms with Crippen LogP contribution >= 0.6 is 0 Å². The third-order valence-electron chi connectivity index (χ3n) is 12.6. The van der Waals surface area contributed by atoms with Crippen molar-refractivity contribution in [2.24, 2.45) is 5.41 Å². The first kappa shape index (κ1) is 45.3. The van der Waals surface area contributed by atoms with E-state index < -0.39 is 83.3 Å². The monoisotopic (exact) mass is 822 g/mol. The highest BCUT2D eigenvalue weighted by Gasteiger charge is 2.53. The predicted octanol–water partition coefficient (Wildman–Crippen LogP) is 9.08. The lowest BCUT2D eigenvalue weighted by Gasteiger charge is -2.41. The molecule has 0 amide bonds. The Morgan fingerprint density at radius 3 is 1.65 bits per heavy atom. The second kappa shape index (κ2) is 15.9. The lowest BCUT2D eigenvalue weighted by Crippen LogP contribution is -2.50. The minimum Gasteiger partial charge on any atom is -0.458 e. The highest BCUT2D eigenvalue weighted by molar-refractivity contribution is 6.66. The van der Waals surface area contributed by atoms with E-state index in [9.17, 15) is 9.59 Å². The molecule has 8 nitrogen and oxygen atoms in total. The number of hydrogen-bond donors (Lipinski definition) is 0. The summed E-state index contributed by atoms with van der Waals surface area (Å²) in [5.41, 5.74) is -2.63. The Bertz CT molecular complexity index is 2350. The molecule has 2 atom stereocenters. The Morgan fingerprint density at radius 2 is 1.15 bits per heavy atom. The molecule has 4 aromatic carbocycles. The van der Waals surface area contributed by atoms with E-state index >= 15 is 8.78 Å². The average molecular weight is 823 g/mol.